The quantitative estimate of drug-likeness (QED) is 0.850. The van der Waals surface area contributed by atoms with Crippen LogP contribution in [0.5, 0.6) is 0 Å². The Bertz CT molecular complexity index is 776. The Morgan fingerprint density at radius 3 is 3.04 bits per heavy atom. The number of amides is 2. The van der Waals surface area contributed by atoms with Gasteiger partial charge in [-0.25, -0.2) is 0 Å². The van der Waals surface area contributed by atoms with Crippen LogP contribution in [0.1, 0.15) is 35.9 Å². The van der Waals surface area contributed by atoms with E-state index in [-0.39, 0.29) is 24.2 Å². The predicted octanol–water partition coefficient (Wildman–Crippen LogP) is 1.86. The number of hydrogen-bond acceptors (Lipinski definition) is 6. The molecule has 1 N–H and O–H groups in total. The van der Waals surface area contributed by atoms with Crippen LogP contribution in [-0.4, -0.2) is 33.5 Å². The van der Waals surface area contributed by atoms with Gasteiger partial charge in [-0.2, -0.15) is 0 Å². The lowest BCUT2D eigenvalue weighted by Crippen LogP contribution is -2.32. The number of aryl methyl sites for hydroxylation is 2. The molecule has 2 amide bonds. The molecule has 0 aromatic carbocycles. The largest absolute Gasteiger partial charge is 0.352 e. The van der Waals surface area contributed by atoms with Crippen LogP contribution in [0.3, 0.4) is 0 Å². The fourth-order valence-electron chi connectivity index (χ4n) is 2.76. The summed E-state index contributed by atoms with van der Waals surface area (Å²) in [6.45, 7) is 4.84. The van der Waals surface area contributed by atoms with Crippen LogP contribution in [0.2, 0.25) is 0 Å². The Hall–Kier alpha value is -2.35. The molecule has 0 radical (unpaired) electrons. The first-order valence-corrected chi connectivity index (χ1v) is 9.20. The number of carbonyl (C=O) groups is 2. The first-order chi connectivity index (χ1) is 12.1. The highest BCUT2D eigenvalue weighted by Gasteiger charge is 2.36. The molecule has 1 aliphatic heterocycles. The fourth-order valence-corrected chi connectivity index (χ4v) is 3.73. The summed E-state index contributed by atoms with van der Waals surface area (Å²) in [7, 11) is 0. The van der Waals surface area contributed by atoms with Crippen molar-refractivity contribution in [1.29, 1.82) is 0 Å². The summed E-state index contributed by atoms with van der Waals surface area (Å²) >= 11 is 1.43. The topological polar surface area (TPSA) is 88.1 Å². The second kappa shape index (κ2) is 7.69. The van der Waals surface area contributed by atoms with Crippen molar-refractivity contribution in [2.24, 2.45) is 5.92 Å². The van der Waals surface area contributed by atoms with Gasteiger partial charge in [0.2, 0.25) is 16.9 Å². The first kappa shape index (κ1) is 17.5. The van der Waals surface area contributed by atoms with Crippen LogP contribution < -0.4 is 10.2 Å². The number of aromatic nitrogens is 3. The van der Waals surface area contributed by atoms with Crippen molar-refractivity contribution in [2.75, 3.05) is 11.4 Å². The monoisotopic (exact) mass is 359 g/mol. The van der Waals surface area contributed by atoms with Gasteiger partial charge < -0.3 is 5.32 Å². The summed E-state index contributed by atoms with van der Waals surface area (Å²) in [5, 5.41) is 12.6. The molecule has 1 aliphatic rings. The molecule has 3 rings (SSSR count). The zero-order valence-corrected chi connectivity index (χ0v) is 15.2. The van der Waals surface area contributed by atoms with Crippen LogP contribution in [0, 0.1) is 12.8 Å². The van der Waals surface area contributed by atoms with Crippen LogP contribution >= 0.6 is 11.3 Å². The van der Waals surface area contributed by atoms with E-state index >= 15 is 0 Å². The van der Waals surface area contributed by atoms with Crippen LogP contribution in [0.15, 0.2) is 18.5 Å². The molecule has 0 bridgehead atoms. The molecule has 0 aliphatic carbocycles. The van der Waals surface area contributed by atoms with Crippen molar-refractivity contribution in [3.8, 4) is 0 Å². The summed E-state index contributed by atoms with van der Waals surface area (Å²) in [4.78, 5) is 30.3. The third-order valence-corrected chi connectivity index (χ3v) is 5.24. The van der Waals surface area contributed by atoms with Crippen LogP contribution in [-0.2, 0) is 22.6 Å². The second-order valence-electron chi connectivity index (χ2n) is 6.15. The summed E-state index contributed by atoms with van der Waals surface area (Å²) in [5.41, 5.74) is 2.06. The fraction of sp³-hybridized carbons (Fsp3) is 0.471. The lowest BCUT2D eigenvalue weighted by molar-refractivity contribution is -0.126. The highest BCUT2D eigenvalue weighted by Crippen LogP contribution is 2.28. The molecule has 1 unspecified atom stereocenters. The smallest absolute Gasteiger partial charge is 0.229 e. The van der Waals surface area contributed by atoms with Gasteiger partial charge in [-0.3, -0.25) is 19.5 Å². The van der Waals surface area contributed by atoms with E-state index in [1.54, 1.807) is 17.3 Å². The Labute approximate surface area is 150 Å². The molecule has 25 heavy (non-hydrogen) atoms. The summed E-state index contributed by atoms with van der Waals surface area (Å²) < 4.78 is 0. The molecule has 8 heteroatoms. The number of carbonyl (C=O) groups excluding carboxylic acids is 2. The molecule has 2 aromatic heterocycles. The predicted molar refractivity (Wildman–Crippen MR) is 95.2 cm³/mol. The maximum absolute atomic E-state index is 12.4. The normalized spacial score (nSPS) is 17.1. The maximum atomic E-state index is 12.4. The van der Waals surface area contributed by atoms with Crippen LogP contribution in [0.25, 0.3) is 0 Å². The highest BCUT2D eigenvalue weighted by molar-refractivity contribution is 7.15. The zero-order chi connectivity index (χ0) is 17.8. The van der Waals surface area contributed by atoms with Gasteiger partial charge >= 0.3 is 0 Å². The van der Waals surface area contributed by atoms with Gasteiger partial charge in [0, 0.05) is 38.3 Å². The SMILES string of the molecule is CCCc1nnc(N2CC(C(=O)NCc3ccncc3C)CC2=O)s1. The molecule has 1 fully saturated rings. The average Bonchev–Trinajstić information content (AvgIpc) is 3.21. The number of nitrogens with one attached hydrogen (secondary N) is 1. The lowest BCUT2D eigenvalue weighted by Gasteiger charge is -2.13. The van der Waals surface area contributed by atoms with Gasteiger partial charge in [-0.1, -0.05) is 18.3 Å². The minimum atomic E-state index is -0.354. The van der Waals surface area contributed by atoms with Gasteiger partial charge in [0.25, 0.3) is 0 Å². The number of hydrogen-bond donors (Lipinski definition) is 1. The van der Waals surface area contributed by atoms with Crippen molar-refractivity contribution < 1.29 is 9.59 Å². The van der Waals surface area contributed by atoms with Crippen molar-refractivity contribution in [2.45, 2.75) is 39.7 Å². The number of rotatable bonds is 6. The minimum absolute atomic E-state index is 0.0700. The standard InChI is InChI=1S/C17H21N5O2S/c1-3-4-14-20-21-17(25-14)22-10-13(7-15(22)23)16(24)19-9-12-5-6-18-8-11(12)2/h5-6,8,13H,3-4,7,9-10H2,1-2H3,(H,19,24). The van der Waals surface area contributed by atoms with Crippen molar-refractivity contribution in [3.05, 3.63) is 34.6 Å². The number of pyridine rings is 1. The Morgan fingerprint density at radius 1 is 1.44 bits per heavy atom. The second-order valence-corrected chi connectivity index (χ2v) is 7.19. The summed E-state index contributed by atoms with van der Waals surface area (Å²) in [6, 6.07) is 1.89. The Kier molecular flexibility index (Phi) is 5.37. The van der Waals surface area contributed by atoms with Gasteiger partial charge in [0.15, 0.2) is 0 Å². The van der Waals surface area contributed by atoms with E-state index in [0.717, 1.165) is 29.0 Å². The van der Waals surface area contributed by atoms with Crippen molar-refractivity contribution >= 4 is 28.3 Å². The molecule has 1 saturated heterocycles. The minimum Gasteiger partial charge on any atom is -0.352 e. The van der Waals surface area contributed by atoms with E-state index in [1.807, 2.05) is 13.0 Å². The molecule has 132 valence electrons. The average molecular weight is 359 g/mol. The zero-order valence-electron chi connectivity index (χ0n) is 14.4. The van der Waals surface area contributed by atoms with E-state index in [0.29, 0.717) is 18.2 Å². The van der Waals surface area contributed by atoms with Gasteiger partial charge in [0.1, 0.15) is 5.01 Å². The molecule has 0 spiro atoms. The van der Waals surface area contributed by atoms with E-state index in [9.17, 15) is 9.59 Å². The van der Waals surface area contributed by atoms with Gasteiger partial charge in [-0.15, -0.1) is 10.2 Å². The third kappa shape index (κ3) is 4.01. The summed E-state index contributed by atoms with van der Waals surface area (Å²) in [5.74, 6) is -0.530. The molecular weight excluding hydrogens is 338 g/mol. The summed E-state index contributed by atoms with van der Waals surface area (Å²) in [6.07, 6.45) is 5.53. The Morgan fingerprint density at radius 2 is 2.28 bits per heavy atom. The number of anilines is 1. The first-order valence-electron chi connectivity index (χ1n) is 8.38. The van der Waals surface area contributed by atoms with Crippen LogP contribution in [0.4, 0.5) is 5.13 Å². The molecule has 3 heterocycles. The van der Waals surface area contributed by atoms with Crippen molar-refractivity contribution in [3.63, 3.8) is 0 Å². The molecule has 1 atom stereocenters. The van der Waals surface area contributed by atoms with E-state index in [1.165, 1.54) is 11.3 Å². The van der Waals surface area contributed by atoms with Gasteiger partial charge in [0.05, 0.1) is 5.92 Å². The number of nitrogens with zero attached hydrogens (tertiary/aromatic N) is 4. The lowest BCUT2D eigenvalue weighted by atomic mass is 10.1. The highest BCUT2D eigenvalue weighted by atomic mass is 32.1. The maximum Gasteiger partial charge on any atom is 0.229 e. The third-order valence-electron chi connectivity index (χ3n) is 4.24. The van der Waals surface area contributed by atoms with Crippen molar-refractivity contribution in [1.82, 2.24) is 20.5 Å². The molecule has 0 saturated carbocycles. The van der Waals surface area contributed by atoms with E-state index in [2.05, 4.69) is 27.4 Å². The molecular formula is C17H21N5O2S. The van der Waals surface area contributed by atoms with Gasteiger partial charge in [-0.05, 0) is 30.5 Å². The molecule has 2 aromatic rings. The molecule has 7 nitrogen and oxygen atoms in total. The Balaban J connectivity index is 1.59. The van der Waals surface area contributed by atoms with E-state index < -0.39 is 0 Å². The van der Waals surface area contributed by atoms with E-state index in [4.69, 9.17) is 0 Å².